The quantitative estimate of drug-likeness (QED) is 0.809. The molecule has 0 aliphatic heterocycles. The highest BCUT2D eigenvalue weighted by Gasteiger charge is 2.17. The third-order valence-corrected chi connectivity index (χ3v) is 3.24. The van der Waals surface area contributed by atoms with Crippen LogP contribution in [0, 0.1) is 5.82 Å². The Bertz CT molecular complexity index is 533. The molecule has 0 spiro atoms. The largest absolute Gasteiger partial charge is 0.456 e. The normalized spacial score (nSPS) is 13.3. The minimum Gasteiger partial charge on any atom is -0.456 e. The van der Waals surface area contributed by atoms with Gasteiger partial charge in [-0.3, -0.25) is 0 Å². The van der Waals surface area contributed by atoms with Crippen molar-refractivity contribution < 1.29 is 8.81 Å². The number of rotatable bonds is 6. The zero-order chi connectivity index (χ0) is 13.8. The van der Waals surface area contributed by atoms with Crippen LogP contribution in [0.5, 0.6) is 0 Å². The molecule has 1 aromatic heterocycles. The van der Waals surface area contributed by atoms with Gasteiger partial charge >= 0.3 is 0 Å². The van der Waals surface area contributed by atoms with Crippen LogP contribution in [0.2, 0.25) is 0 Å². The molecule has 1 unspecified atom stereocenters. The zero-order valence-electron chi connectivity index (χ0n) is 11.9. The summed E-state index contributed by atoms with van der Waals surface area (Å²) >= 11 is 0. The Morgan fingerprint density at radius 1 is 1.32 bits per heavy atom. The van der Waals surface area contributed by atoms with Gasteiger partial charge in [-0.15, -0.1) is 0 Å². The third kappa shape index (κ3) is 3.35. The van der Waals surface area contributed by atoms with Crippen molar-refractivity contribution in [3.8, 4) is 0 Å². The summed E-state index contributed by atoms with van der Waals surface area (Å²) in [7, 11) is 0. The first kappa shape index (κ1) is 14.1. The Labute approximate surface area is 114 Å². The topological polar surface area (TPSA) is 25.2 Å². The van der Waals surface area contributed by atoms with Gasteiger partial charge < -0.3 is 9.73 Å². The Hall–Kier alpha value is -1.35. The van der Waals surface area contributed by atoms with E-state index >= 15 is 0 Å². The summed E-state index contributed by atoms with van der Waals surface area (Å²) in [5, 5.41) is 4.33. The monoisotopic (exact) mass is 263 g/mol. The fraction of sp³-hybridized carbons (Fsp3) is 0.500. The molecule has 1 atom stereocenters. The number of hydrogen-bond acceptors (Lipinski definition) is 2. The molecular weight excluding hydrogens is 241 g/mol. The van der Waals surface area contributed by atoms with Gasteiger partial charge in [-0.05, 0) is 18.6 Å². The van der Waals surface area contributed by atoms with E-state index in [1.807, 2.05) is 12.1 Å². The first-order valence-corrected chi connectivity index (χ1v) is 7.05. The molecule has 0 bridgehead atoms. The second-order valence-electron chi connectivity index (χ2n) is 5.32. The molecule has 0 saturated heterocycles. The van der Waals surface area contributed by atoms with Crippen LogP contribution in [0.3, 0.4) is 0 Å². The third-order valence-electron chi connectivity index (χ3n) is 3.24. The van der Waals surface area contributed by atoms with Crippen LogP contribution in [0.15, 0.2) is 28.7 Å². The molecule has 0 amide bonds. The number of halogens is 1. The molecule has 0 radical (unpaired) electrons. The highest BCUT2D eigenvalue weighted by atomic mass is 19.1. The number of para-hydroxylation sites is 1. The number of unbranched alkanes of at least 4 members (excludes halogenated alkanes) is 1. The predicted octanol–water partition coefficient (Wildman–Crippen LogP) is 4.80. The van der Waals surface area contributed by atoms with Crippen molar-refractivity contribution in [3.63, 3.8) is 0 Å². The number of nitrogens with one attached hydrogen (secondary N) is 1. The molecule has 1 heterocycles. The highest BCUT2D eigenvalue weighted by Crippen LogP contribution is 2.28. The van der Waals surface area contributed by atoms with Crippen LogP contribution >= 0.6 is 0 Å². The molecule has 2 nitrogen and oxygen atoms in total. The molecule has 19 heavy (non-hydrogen) atoms. The fourth-order valence-corrected chi connectivity index (χ4v) is 2.34. The summed E-state index contributed by atoms with van der Waals surface area (Å²) in [4.78, 5) is 0. The molecule has 1 aromatic carbocycles. The summed E-state index contributed by atoms with van der Waals surface area (Å²) in [6.07, 6.45) is 3.28. The zero-order valence-corrected chi connectivity index (χ0v) is 11.9. The first-order chi connectivity index (χ1) is 9.11. The van der Waals surface area contributed by atoms with Crippen molar-refractivity contribution in [3.05, 3.63) is 35.8 Å². The van der Waals surface area contributed by atoms with E-state index in [1.165, 1.54) is 6.07 Å². The summed E-state index contributed by atoms with van der Waals surface area (Å²) in [6.45, 7) is 6.40. The Kier molecular flexibility index (Phi) is 4.59. The van der Waals surface area contributed by atoms with E-state index in [0.29, 0.717) is 11.6 Å². The molecule has 0 saturated carbocycles. The van der Waals surface area contributed by atoms with Gasteiger partial charge in [0.15, 0.2) is 11.4 Å². The van der Waals surface area contributed by atoms with Crippen LogP contribution in [-0.4, -0.2) is 6.04 Å². The van der Waals surface area contributed by atoms with Crippen LogP contribution < -0.4 is 5.32 Å². The van der Waals surface area contributed by atoms with Gasteiger partial charge in [-0.25, -0.2) is 4.39 Å². The van der Waals surface area contributed by atoms with E-state index in [0.717, 1.165) is 30.4 Å². The predicted molar refractivity (Wildman–Crippen MR) is 76.7 cm³/mol. The van der Waals surface area contributed by atoms with Crippen LogP contribution in [-0.2, 0) is 0 Å². The molecule has 104 valence electrons. The molecule has 0 aliphatic carbocycles. The van der Waals surface area contributed by atoms with Crippen molar-refractivity contribution in [2.45, 2.75) is 52.1 Å². The second-order valence-corrected chi connectivity index (χ2v) is 5.32. The average molecular weight is 263 g/mol. The number of fused-ring (bicyclic) bond motifs is 1. The molecule has 1 N–H and O–H groups in total. The maximum atomic E-state index is 13.7. The molecule has 3 heteroatoms. The van der Waals surface area contributed by atoms with Crippen molar-refractivity contribution in [1.29, 1.82) is 0 Å². The van der Waals surface area contributed by atoms with Crippen LogP contribution in [0.4, 0.5) is 4.39 Å². The molecule has 2 rings (SSSR count). The van der Waals surface area contributed by atoms with E-state index in [4.69, 9.17) is 4.42 Å². The molecule has 0 fully saturated rings. The van der Waals surface area contributed by atoms with E-state index in [1.54, 1.807) is 6.07 Å². The first-order valence-electron chi connectivity index (χ1n) is 7.05. The summed E-state index contributed by atoms with van der Waals surface area (Å²) in [5.74, 6) is 0.546. The van der Waals surface area contributed by atoms with Crippen molar-refractivity contribution in [2.24, 2.45) is 0 Å². The van der Waals surface area contributed by atoms with Crippen LogP contribution in [0.1, 0.15) is 51.8 Å². The second kappa shape index (κ2) is 6.20. The van der Waals surface area contributed by atoms with Crippen molar-refractivity contribution in [2.75, 3.05) is 0 Å². The lowest BCUT2D eigenvalue weighted by Crippen LogP contribution is -2.27. The summed E-state index contributed by atoms with van der Waals surface area (Å²) < 4.78 is 19.4. The molecule has 0 aliphatic rings. The minimum atomic E-state index is -0.289. The number of benzene rings is 1. The summed E-state index contributed by atoms with van der Waals surface area (Å²) in [6, 6.07) is 7.53. The smallest absolute Gasteiger partial charge is 0.169 e. The van der Waals surface area contributed by atoms with Crippen LogP contribution in [0.25, 0.3) is 11.0 Å². The van der Waals surface area contributed by atoms with E-state index in [2.05, 4.69) is 26.1 Å². The van der Waals surface area contributed by atoms with E-state index < -0.39 is 0 Å². The summed E-state index contributed by atoms with van der Waals surface area (Å²) in [5.41, 5.74) is 0.365. The minimum absolute atomic E-state index is 0.159. The lowest BCUT2D eigenvalue weighted by Gasteiger charge is -2.18. The standard InChI is InChI=1S/C16H22FNO/c1-4-5-9-14(18-11(2)3)15-10-12-7-6-8-13(17)16(12)19-15/h6-8,10-11,14,18H,4-5,9H2,1-3H3. The van der Waals surface area contributed by atoms with Gasteiger partial charge in [0.1, 0.15) is 5.76 Å². The number of hydrogen-bond donors (Lipinski definition) is 1. The van der Waals surface area contributed by atoms with E-state index in [-0.39, 0.29) is 11.9 Å². The van der Waals surface area contributed by atoms with Gasteiger partial charge in [0.2, 0.25) is 0 Å². The van der Waals surface area contributed by atoms with E-state index in [9.17, 15) is 4.39 Å². The maximum Gasteiger partial charge on any atom is 0.169 e. The lowest BCUT2D eigenvalue weighted by molar-refractivity contribution is 0.374. The van der Waals surface area contributed by atoms with Gasteiger partial charge in [0.25, 0.3) is 0 Å². The maximum absolute atomic E-state index is 13.7. The highest BCUT2D eigenvalue weighted by molar-refractivity contribution is 5.78. The fourth-order valence-electron chi connectivity index (χ4n) is 2.34. The van der Waals surface area contributed by atoms with Gasteiger partial charge in [0.05, 0.1) is 6.04 Å². The molecule has 2 aromatic rings. The average Bonchev–Trinajstić information content (AvgIpc) is 2.79. The lowest BCUT2D eigenvalue weighted by atomic mass is 10.1. The molecular formula is C16H22FNO. The Morgan fingerprint density at radius 2 is 2.11 bits per heavy atom. The van der Waals surface area contributed by atoms with Gasteiger partial charge in [-0.1, -0.05) is 45.7 Å². The number of furan rings is 1. The van der Waals surface area contributed by atoms with Crippen molar-refractivity contribution >= 4 is 11.0 Å². The SMILES string of the molecule is CCCCC(NC(C)C)c1cc2cccc(F)c2o1. The Balaban J connectivity index is 2.29. The Morgan fingerprint density at radius 3 is 2.74 bits per heavy atom. The van der Waals surface area contributed by atoms with Gasteiger partial charge in [0, 0.05) is 11.4 Å². The van der Waals surface area contributed by atoms with Crippen molar-refractivity contribution in [1.82, 2.24) is 5.32 Å². The van der Waals surface area contributed by atoms with Gasteiger partial charge in [-0.2, -0.15) is 0 Å².